The molecule has 2 N–H and O–H groups in total. The van der Waals surface area contributed by atoms with Crippen molar-refractivity contribution in [1.29, 1.82) is 0 Å². The van der Waals surface area contributed by atoms with Gasteiger partial charge in [0.1, 0.15) is 0 Å². The van der Waals surface area contributed by atoms with Crippen LogP contribution in [0.2, 0.25) is 0 Å². The summed E-state index contributed by atoms with van der Waals surface area (Å²) in [6, 6.07) is 0. The zero-order valence-corrected chi connectivity index (χ0v) is 8.69. The molecule has 2 atom stereocenters. The SMILES string of the molecule is Cc1ncc(C(C)C(C)CN)s1. The summed E-state index contributed by atoms with van der Waals surface area (Å²) in [7, 11) is 0. The van der Waals surface area contributed by atoms with Crippen LogP contribution in [0.1, 0.15) is 29.7 Å². The molecule has 0 fully saturated rings. The van der Waals surface area contributed by atoms with Crippen molar-refractivity contribution in [1.82, 2.24) is 4.98 Å². The molecule has 0 bridgehead atoms. The van der Waals surface area contributed by atoms with Gasteiger partial charge in [-0.05, 0) is 25.3 Å². The van der Waals surface area contributed by atoms with E-state index in [0.717, 1.165) is 11.6 Å². The summed E-state index contributed by atoms with van der Waals surface area (Å²) in [4.78, 5) is 5.58. The largest absolute Gasteiger partial charge is 0.330 e. The van der Waals surface area contributed by atoms with Gasteiger partial charge in [-0.1, -0.05) is 13.8 Å². The molecule has 0 aliphatic heterocycles. The predicted molar refractivity (Wildman–Crippen MR) is 53.5 cm³/mol. The van der Waals surface area contributed by atoms with Gasteiger partial charge in [0.25, 0.3) is 0 Å². The van der Waals surface area contributed by atoms with Crippen LogP contribution < -0.4 is 5.73 Å². The van der Waals surface area contributed by atoms with E-state index in [4.69, 9.17) is 5.73 Å². The van der Waals surface area contributed by atoms with Crippen molar-refractivity contribution >= 4 is 11.3 Å². The Kier molecular flexibility index (Phi) is 3.23. The predicted octanol–water partition coefficient (Wildman–Crippen LogP) is 2.15. The van der Waals surface area contributed by atoms with Gasteiger partial charge in [0.15, 0.2) is 0 Å². The Morgan fingerprint density at radius 2 is 2.25 bits per heavy atom. The van der Waals surface area contributed by atoms with Crippen molar-refractivity contribution in [3.63, 3.8) is 0 Å². The molecule has 0 saturated carbocycles. The van der Waals surface area contributed by atoms with E-state index >= 15 is 0 Å². The standard InChI is InChI=1S/C9H16N2S/c1-6(4-10)7(2)9-5-11-8(3)12-9/h5-7H,4,10H2,1-3H3. The molecule has 0 radical (unpaired) electrons. The molecule has 1 heterocycles. The van der Waals surface area contributed by atoms with E-state index in [1.165, 1.54) is 4.88 Å². The van der Waals surface area contributed by atoms with Crippen LogP contribution in [-0.4, -0.2) is 11.5 Å². The van der Waals surface area contributed by atoms with Crippen LogP contribution in [0.4, 0.5) is 0 Å². The third kappa shape index (κ3) is 2.05. The quantitative estimate of drug-likeness (QED) is 0.781. The van der Waals surface area contributed by atoms with Crippen LogP contribution in [0.15, 0.2) is 6.20 Å². The number of hydrogen-bond donors (Lipinski definition) is 1. The number of nitrogens with two attached hydrogens (primary N) is 1. The molecule has 1 aromatic rings. The average molecular weight is 184 g/mol. The van der Waals surface area contributed by atoms with E-state index in [1.807, 2.05) is 13.1 Å². The lowest BCUT2D eigenvalue weighted by Crippen LogP contribution is -2.16. The number of hydrogen-bond acceptors (Lipinski definition) is 3. The molecule has 0 spiro atoms. The third-order valence-corrected chi connectivity index (χ3v) is 3.43. The Balaban J connectivity index is 2.70. The minimum atomic E-state index is 0.543. The van der Waals surface area contributed by atoms with Crippen molar-refractivity contribution in [2.75, 3.05) is 6.54 Å². The van der Waals surface area contributed by atoms with Crippen LogP contribution >= 0.6 is 11.3 Å². The Hall–Kier alpha value is -0.410. The van der Waals surface area contributed by atoms with E-state index in [2.05, 4.69) is 18.8 Å². The van der Waals surface area contributed by atoms with Gasteiger partial charge in [0.05, 0.1) is 5.01 Å². The number of nitrogens with zero attached hydrogens (tertiary/aromatic N) is 1. The number of aromatic nitrogens is 1. The summed E-state index contributed by atoms with van der Waals surface area (Å²) < 4.78 is 0. The average Bonchev–Trinajstić information content (AvgIpc) is 2.49. The van der Waals surface area contributed by atoms with Crippen molar-refractivity contribution < 1.29 is 0 Å². The van der Waals surface area contributed by atoms with E-state index in [1.54, 1.807) is 11.3 Å². The van der Waals surface area contributed by atoms with Gasteiger partial charge in [0, 0.05) is 11.1 Å². The highest BCUT2D eigenvalue weighted by Gasteiger charge is 2.14. The first kappa shape index (κ1) is 9.68. The lowest BCUT2D eigenvalue weighted by molar-refractivity contribution is 0.504. The Bertz CT molecular complexity index is 244. The maximum Gasteiger partial charge on any atom is 0.0896 e. The molecule has 0 saturated heterocycles. The van der Waals surface area contributed by atoms with Crippen LogP contribution in [0.25, 0.3) is 0 Å². The van der Waals surface area contributed by atoms with Crippen LogP contribution in [0.5, 0.6) is 0 Å². The Labute approximate surface area is 77.8 Å². The highest BCUT2D eigenvalue weighted by Crippen LogP contribution is 2.27. The summed E-state index contributed by atoms with van der Waals surface area (Å²) >= 11 is 1.77. The van der Waals surface area contributed by atoms with Gasteiger partial charge in [-0.2, -0.15) is 0 Å². The fraction of sp³-hybridized carbons (Fsp3) is 0.667. The van der Waals surface area contributed by atoms with Gasteiger partial charge < -0.3 is 5.73 Å². The second kappa shape index (κ2) is 4.01. The summed E-state index contributed by atoms with van der Waals surface area (Å²) in [6.07, 6.45) is 1.97. The topological polar surface area (TPSA) is 38.9 Å². The van der Waals surface area contributed by atoms with Crippen molar-refractivity contribution in [2.45, 2.75) is 26.7 Å². The lowest BCUT2D eigenvalue weighted by atomic mass is 9.95. The van der Waals surface area contributed by atoms with Gasteiger partial charge in [-0.15, -0.1) is 11.3 Å². The van der Waals surface area contributed by atoms with Crippen LogP contribution in [0, 0.1) is 12.8 Å². The minimum absolute atomic E-state index is 0.543. The molecule has 2 nitrogen and oxygen atoms in total. The zero-order chi connectivity index (χ0) is 9.14. The normalized spacial score (nSPS) is 16.0. The first-order valence-corrected chi connectivity index (χ1v) is 5.09. The van der Waals surface area contributed by atoms with E-state index in [9.17, 15) is 0 Å². The second-order valence-electron chi connectivity index (χ2n) is 3.28. The maximum absolute atomic E-state index is 5.60. The molecule has 0 aliphatic carbocycles. The molecule has 2 unspecified atom stereocenters. The van der Waals surface area contributed by atoms with Gasteiger partial charge >= 0.3 is 0 Å². The molecular formula is C9H16N2S. The maximum atomic E-state index is 5.60. The molecule has 0 amide bonds. The van der Waals surface area contributed by atoms with Crippen molar-refractivity contribution in [2.24, 2.45) is 11.7 Å². The zero-order valence-electron chi connectivity index (χ0n) is 7.87. The number of thiazole rings is 1. The van der Waals surface area contributed by atoms with E-state index in [0.29, 0.717) is 11.8 Å². The molecule has 68 valence electrons. The lowest BCUT2D eigenvalue weighted by Gasteiger charge is -2.15. The van der Waals surface area contributed by atoms with Crippen molar-refractivity contribution in [3.05, 3.63) is 16.1 Å². The smallest absolute Gasteiger partial charge is 0.0896 e. The number of rotatable bonds is 3. The number of aryl methyl sites for hydroxylation is 1. The van der Waals surface area contributed by atoms with Gasteiger partial charge in [-0.25, -0.2) is 4.98 Å². The summed E-state index contributed by atoms with van der Waals surface area (Å²) in [5.41, 5.74) is 5.60. The Morgan fingerprint density at radius 3 is 2.67 bits per heavy atom. The summed E-state index contributed by atoms with van der Waals surface area (Å²) in [5, 5.41) is 1.14. The fourth-order valence-corrected chi connectivity index (χ4v) is 2.04. The fourth-order valence-electron chi connectivity index (χ4n) is 1.07. The minimum Gasteiger partial charge on any atom is -0.330 e. The van der Waals surface area contributed by atoms with Crippen LogP contribution in [-0.2, 0) is 0 Å². The highest BCUT2D eigenvalue weighted by molar-refractivity contribution is 7.11. The molecule has 12 heavy (non-hydrogen) atoms. The molecule has 0 aliphatic rings. The molecule has 0 aromatic carbocycles. The molecule has 1 rings (SSSR count). The van der Waals surface area contributed by atoms with E-state index < -0.39 is 0 Å². The summed E-state index contributed by atoms with van der Waals surface area (Å²) in [6.45, 7) is 7.18. The molecule has 3 heteroatoms. The first-order chi connectivity index (χ1) is 5.65. The molecular weight excluding hydrogens is 168 g/mol. The molecule has 1 aromatic heterocycles. The first-order valence-electron chi connectivity index (χ1n) is 4.27. The highest BCUT2D eigenvalue weighted by atomic mass is 32.1. The summed E-state index contributed by atoms with van der Waals surface area (Å²) in [5.74, 6) is 1.09. The second-order valence-corrected chi connectivity index (χ2v) is 4.55. The van der Waals surface area contributed by atoms with Crippen molar-refractivity contribution in [3.8, 4) is 0 Å². The van der Waals surface area contributed by atoms with Crippen LogP contribution in [0.3, 0.4) is 0 Å². The van der Waals surface area contributed by atoms with Gasteiger partial charge in [0.2, 0.25) is 0 Å². The van der Waals surface area contributed by atoms with E-state index in [-0.39, 0.29) is 0 Å². The Morgan fingerprint density at radius 1 is 1.58 bits per heavy atom. The third-order valence-electron chi connectivity index (χ3n) is 2.31. The monoisotopic (exact) mass is 184 g/mol. The van der Waals surface area contributed by atoms with Gasteiger partial charge in [-0.3, -0.25) is 0 Å².